The van der Waals surface area contributed by atoms with E-state index in [0.717, 1.165) is 11.3 Å². The van der Waals surface area contributed by atoms with E-state index in [4.69, 9.17) is 19.9 Å². The number of primary amides is 1. The molecule has 9 amide bonds. The molecular weight excluding hydrogens is 1240 g/mol. The van der Waals surface area contributed by atoms with E-state index >= 15 is 0 Å². The van der Waals surface area contributed by atoms with E-state index in [1.54, 1.807) is 13.8 Å². The summed E-state index contributed by atoms with van der Waals surface area (Å²) in [6, 6.07) is -7.66. The second-order valence-corrected chi connectivity index (χ2v) is 25.0. The zero-order valence-electron chi connectivity index (χ0n) is 52.9. The molecule has 17 N–H and O–H groups in total. The first-order valence-electron chi connectivity index (χ1n) is 31.2. The van der Waals surface area contributed by atoms with Crippen molar-refractivity contribution in [2.75, 3.05) is 33.5 Å². The van der Waals surface area contributed by atoms with E-state index in [1.807, 2.05) is 0 Å². The van der Waals surface area contributed by atoms with E-state index in [1.165, 1.54) is 46.1 Å². The molecule has 3 aliphatic carbocycles. The van der Waals surface area contributed by atoms with Gasteiger partial charge in [0.2, 0.25) is 58.9 Å². The third kappa shape index (κ3) is 16.4. The lowest BCUT2D eigenvalue weighted by atomic mass is 9.72. The number of amides is 9. The number of carbonyl (C=O) groups excluding carboxylic acids is 12. The minimum Gasteiger partial charge on any atom is -0.507 e. The molecule has 7 rings (SSSR count). The maximum absolute atomic E-state index is 14.4. The molecule has 5 aliphatic rings. The highest BCUT2D eigenvalue weighted by atomic mass is 16.7. The number of rotatable bonds is 27. The lowest BCUT2D eigenvalue weighted by Crippen LogP contribution is -2.62. The number of ether oxygens (including phenoxy) is 3. The topological polar surface area (TPSA) is 508 Å². The number of methoxy groups -OCH3 is 1. The van der Waals surface area contributed by atoms with Gasteiger partial charge in [0, 0.05) is 62.3 Å². The van der Waals surface area contributed by atoms with Crippen LogP contribution in [0.4, 0.5) is 0 Å². The van der Waals surface area contributed by atoms with Gasteiger partial charge in [0.15, 0.2) is 17.9 Å². The Morgan fingerprint density at radius 1 is 0.755 bits per heavy atom. The molecule has 2 aromatic carbocycles. The van der Waals surface area contributed by atoms with Crippen molar-refractivity contribution in [3.05, 3.63) is 51.6 Å². The number of benzene rings is 2. The molecule has 32 nitrogen and oxygen atoms in total. The number of nitrogens with two attached hydrogens (primary N) is 1. The van der Waals surface area contributed by atoms with Gasteiger partial charge in [0.1, 0.15) is 77.9 Å². The smallest absolute Gasteiger partial charge is 0.245 e. The zero-order valence-corrected chi connectivity index (χ0v) is 52.9. The van der Waals surface area contributed by atoms with Crippen LogP contribution in [0.5, 0.6) is 17.2 Å². The number of aromatic hydroxyl groups is 2. The highest BCUT2D eigenvalue weighted by molar-refractivity contribution is 6.31. The number of nitrogens with zero attached hydrogens (tertiary/aromatic N) is 1. The molecule has 0 radical (unpaired) electrons. The van der Waals surface area contributed by atoms with Crippen LogP contribution in [-0.4, -0.2) is 228 Å². The number of nitrogens with one attached hydrogen (secondary N) is 7. The van der Waals surface area contributed by atoms with Crippen LogP contribution in [-0.2, 0) is 63.8 Å². The number of likely N-dealkylation sites (tertiary alicyclic amines) is 1. The SMILES string of the molecule is COc1cccc2c1C(=O)c1c(O)c3c(c(O)c1C2=O)C[C@@](O)(C(=O)CO)C[C@@H]3O[C@H]1C[C@H](NC(=O)[C@H](CC(C)C)NC(=O)[C@H](CO)NC(=O)[C@H](CCC(N)=O)NC(=O)C(NC(=O)[C@H](CO)NC(=O)[C@H](C)NC(=O)[C@@H]2C[C@@H](O)CN2C(C)=O)C2CCCCC2)[C@H](O)[C@H](C)O1. The zero-order chi connectivity index (χ0) is 69.4. The minimum absolute atomic E-state index is 0.0222. The fourth-order valence-electron chi connectivity index (χ4n) is 12.8. The lowest BCUT2D eigenvalue weighted by Gasteiger charge is -2.43. The molecule has 0 spiro atoms. The fourth-order valence-corrected chi connectivity index (χ4v) is 12.8. The van der Waals surface area contributed by atoms with Gasteiger partial charge in [-0.1, -0.05) is 45.2 Å². The van der Waals surface area contributed by atoms with Crippen molar-refractivity contribution >= 4 is 70.5 Å². The first-order chi connectivity index (χ1) is 44.4. The minimum atomic E-state index is -2.50. The summed E-state index contributed by atoms with van der Waals surface area (Å²) in [6.07, 6.45) is -7.03. The number of aliphatic hydroxyl groups excluding tert-OH is 5. The molecule has 1 unspecified atom stereocenters. The Balaban J connectivity index is 1.04. The van der Waals surface area contributed by atoms with Gasteiger partial charge >= 0.3 is 0 Å². The Morgan fingerprint density at radius 2 is 1.36 bits per heavy atom. The van der Waals surface area contributed by atoms with Crippen LogP contribution in [0.2, 0.25) is 0 Å². The van der Waals surface area contributed by atoms with E-state index in [9.17, 15) is 98.4 Å². The first kappa shape index (κ1) is 73.2. The number of phenolic OH excluding ortho intramolecular Hbond substituents is 2. The molecule has 94 heavy (non-hydrogen) atoms. The molecular formula is C62H85N9O23. The van der Waals surface area contributed by atoms with Gasteiger partial charge in [-0.3, -0.25) is 57.5 Å². The monoisotopic (exact) mass is 1320 g/mol. The van der Waals surface area contributed by atoms with Crippen LogP contribution in [0.1, 0.15) is 154 Å². The first-order valence-corrected chi connectivity index (χ1v) is 31.2. The Labute approximate surface area is 539 Å². The third-order valence-corrected chi connectivity index (χ3v) is 17.8. The molecule has 1 saturated carbocycles. The molecule has 516 valence electrons. The summed E-state index contributed by atoms with van der Waals surface area (Å²) in [5, 5.41) is 105. The maximum atomic E-state index is 14.4. The fraction of sp³-hybridized carbons (Fsp3) is 0.613. The molecule has 0 aromatic heterocycles. The number of fused-ring (bicyclic) bond motifs is 3. The van der Waals surface area contributed by atoms with Crippen LogP contribution >= 0.6 is 0 Å². The van der Waals surface area contributed by atoms with Gasteiger partial charge in [0.05, 0.1) is 61.4 Å². The van der Waals surface area contributed by atoms with Crippen molar-refractivity contribution in [1.82, 2.24) is 42.1 Å². The van der Waals surface area contributed by atoms with Crippen molar-refractivity contribution in [3.8, 4) is 17.2 Å². The number of ketones is 3. The van der Waals surface area contributed by atoms with E-state index in [-0.39, 0.29) is 53.3 Å². The normalized spacial score (nSPS) is 24.5. The van der Waals surface area contributed by atoms with Crippen LogP contribution in [0.15, 0.2) is 18.2 Å². The average Bonchev–Trinajstić information content (AvgIpc) is 0.794. The van der Waals surface area contributed by atoms with Gasteiger partial charge in [0.25, 0.3) is 0 Å². The van der Waals surface area contributed by atoms with Gasteiger partial charge in [-0.05, 0) is 57.4 Å². The Kier molecular flexibility index (Phi) is 24.4. The summed E-state index contributed by atoms with van der Waals surface area (Å²) in [5.74, 6) is -13.8. The molecule has 32 heteroatoms. The summed E-state index contributed by atoms with van der Waals surface area (Å²) in [5.41, 5.74) is 0.598. The summed E-state index contributed by atoms with van der Waals surface area (Å²) in [4.78, 5) is 164. The predicted molar refractivity (Wildman–Crippen MR) is 323 cm³/mol. The number of Topliss-reactive ketones (excluding diaryl/α,β-unsaturated/α-hetero) is 1. The number of aliphatic hydroxyl groups is 6. The number of hydrogen-bond donors (Lipinski definition) is 16. The van der Waals surface area contributed by atoms with Gasteiger partial charge in [-0.2, -0.15) is 0 Å². The van der Waals surface area contributed by atoms with Crippen molar-refractivity contribution in [1.29, 1.82) is 0 Å². The van der Waals surface area contributed by atoms with Crippen LogP contribution in [0, 0.1) is 11.8 Å². The molecule has 2 aromatic rings. The van der Waals surface area contributed by atoms with Gasteiger partial charge in [-0.15, -0.1) is 0 Å². The second kappa shape index (κ2) is 31.3. The summed E-state index contributed by atoms with van der Waals surface area (Å²) < 4.78 is 17.7. The van der Waals surface area contributed by atoms with Crippen molar-refractivity contribution in [3.63, 3.8) is 0 Å². The molecule has 3 fully saturated rings. The Morgan fingerprint density at radius 3 is 1.97 bits per heavy atom. The third-order valence-electron chi connectivity index (χ3n) is 17.8. The Bertz CT molecular complexity index is 3270. The largest absolute Gasteiger partial charge is 0.507 e. The summed E-state index contributed by atoms with van der Waals surface area (Å²) in [6.45, 7) is 3.93. The lowest BCUT2D eigenvalue weighted by molar-refractivity contribution is -0.249. The van der Waals surface area contributed by atoms with E-state index in [2.05, 4.69) is 37.2 Å². The van der Waals surface area contributed by atoms with Crippen LogP contribution < -0.4 is 47.7 Å². The molecule has 2 heterocycles. The second-order valence-electron chi connectivity index (χ2n) is 25.0. The van der Waals surface area contributed by atoms with Crippen LogP contribution in [0.3, 0.4) is 0 Å². The summed E-state index contributed by atoms with van der Waals surface area (Å²) >= 11 is 0. The molecule has 2 saturated heterocycles. The highest BCUT2D eigenvalue weighted by Gasteiger charge is 2.51. The standard InChI is InChI=1S/C62H85N9O23/c1-26(2)17-36(57(86)66-35-19-44(93-28(4)50(35)79)94-41-21-62(91,42(77)25-74)20-33-46(41)54(83)48-47(52(33)81)51(80)32-13-10-14-40(92-6)45(32)53(48)82)67-58(87)37(23-72)69-56(85)34(15-16-43(63)78)65-61(90)49(30-11-8-7-9-12-30)70-59(88)38(24-73)68-55(84)27(3)64-60(89)39-18-31(76)22-71(39)29(5)75/h10,13-14,26-28,30-31,34-39,41,44,49-50,72-74,76,79,81,83,91H,7-9,11-12,15-25H2,1-6H3,(H2,63,78)(H,64,89)(H,65,90)(H,66,86)(H,67,87)(H,68,84)(H,69,85)(H,70,88)/t27-,28-,31+,34-,35-,36-,37-,38-,39-,41-,44-,49?,50+,62-/m0/s1. The highest BCUT2D eigenvalue weighted by Crippen LogP contribution is 2.53. The maximum Gasteiger partial charge on any atom is 0.245 e. The van der Waals surface area contributed by atoms with E-state index in [0.29, 0.717) is 25.7 Å². The van der Waals surface area contributed by atoms with Crippen LogP contribution in [0.25, 0.3) is 0 Å². The molecule has 0 bridgehead atoms. The number of phenols is 2. The van der Waals surface area contributed by atoms with Crippen molar-refractivity contribution < 1.29 is 113 Å². The van der Waals surface area contributed by atoms with Gasteiger partial charge in [-0.25, -0.2) is 0 Å². The quantitative estimate of drug-likeness (QED) is 0.0323. The van der Waals surface area contributed by atoms with E-state index < -0.39 is 236 Å². The predicted octanol–water partition coefficient (Wildman–Crippen LogP) is -4.05. The number of carbonyl (C=O) groups is 12. The summed E-state index contributed by atoms with van der Waals surface area (Å²) in [7, 11) is 1.25. The number of β-amino-alcohol motifs (C(OH)–C–C–N with tert-alkyl or cyclic N) is 1. The molecule has 14 atom stereocenters. The number of hydrogen-bond acceptors (Lipinski definition) is 23. The molecule has 2 aliphatic heterocycles. The van der Waals surface area contributed by atoms with Crippen molar-refractivity contribution in [2.45, 2.75) is 196 Å². The van der Waals surface area contributed by atoms with Gasteiger partial charge < -0.3 is 103 Å². The average molecular weight is 1320 g/mol. The van der Waals surface area contributed by atoms with Crippen molar-refractivity contribution in [2.24, 2.45) is 17.6 Å². The Hall–Kier alpha value is -8.24.